The molecule has 4 nitrogen and oxygen atoms in total. The van der Waals surface area contributed by atoms with Gasteiger partial charge in [-0.25, -0.2) is 4.98 Å². The third kappa shape index (κ3) is 5.19. The predicted molar refractivity (Wildman–Crippen MR) is 89.9 cm³/mol. The first-order chi connectivity index (χ1) is 10.2. The molecule has 0 atom stereocenters. The lowest BCUT2D eigenvalue weighted by Gasteiger charge is -2.11. The minimum atomic E-state index is 0.711. The van der Waals surface area contributed by atoms with Crippen LogP contribution in [0.25, 0.3) is 0 Å². The topological polar surface area (TPSA) is 49.3 Å². The van der Waals surface area contributed by atoms with Crippen LogP contribution in [0.5, 0.6) is 0 Å². The number of hydrogen-bond acceptors (Lipinski definition) is 3. The molecule has 21 heavy (non-hydrogen) atoms. The van der Waals surface area contributed by atoms with Crippen molar-refractivity contribution in [2.75, 3.05) is 13.6 Å². The smallest absolute Gasteiger partial charge is 0.191 e. The number of benzene rings is 1. The number of hydrogen-bond donors (Lipinski definition) is 2. The van der Waals surface area contributed by atoms with Crippen LogP contribution < -0.4 is 10.6 Å². The average molecular weight is 302 g/mol. The molecule has 0 saturated carbocycles. The highest BCUT2D eigenvalue weighted by Crippen LogP contribution is 2.10. The van der Waals surface area contributed by atoms with Gasteiger partial charge in [-0.3, -0.25) is 4.99 Å². The van der Waals surface area contributed by atoms with Gasteiger partial charge in [-0.1, -0.05) is 29.8 Å². The molecule has 0 amide bonds. The molecule has 1 heterocycles. The molecule has 0 unspecified atom stereocenters. The van der Waals surface area contributed by atoms with Gasteiger partial charge in [0.15, 0.2) is 5.96 Å². The molecule has 0 fully saturated rings. The molecular formula is C16H22N4S. The summed E-state index contributed by atoms with van der Waals surface area (Å²) < 4.78 is 0. The molecule has 2 rings (SSSR count). The van der Waals surface area contributed by atoms with Crippen LogP contribution in [0.1, 0.15) is 21.0 Å². The Kier molecular flexibility index (Phi) is 5.75. The molecule has 2 N–H and O–H groups in total. The monoisotopic (exact) mass is 302 g/mol. The van der Waals surface area contributed by atoms with Crippen LogP contribution in [0.4, 0.5) is 0 Å². The quantitative estimate of drug-likeness (QED) is 0.659. The van der Waals surface area contributed by atoms with Gasteiger partial charge in [0.2, 0.25) is 0 Å². The fourth-order valence-electron chi connectivity index (χ4n) is 1.94. The fourth-order valence-corrected chi connectivity index (χ4v) is 2.67. The van der Waals surface area contributed by atoms with Crippen LogP contribution in [0.3, 0.4) is 0 Å². The maximum Gasteiger partial charge on any atom is 0.191 e. The van der Waals surface area contributed by atoms with Crippen LogP contribution in [0.2, 0.25) is 0 Å². The van der Waals surface area contributed by atoms with Crippen LogP contribution in [0.15, 0.2) is 35.5 Å². The molecule has 0 aliphatic rings. The van der Waals surface area contributed by atoms with Crippen LogP contribution >= 0.6 is 11.3 Å². The van der Waals surface area contributed by atoms with Crippen molar-refractivity contribution in [3.8, 4) is 0 Å². The molecule has 0 spiro atoms. The standard InChI is InChI=1S/C16H22N4S/c1-12-4-6-14(7-5-12)8-9-18-16(17-3)20-11-15-19-10-13(2)21-15/h4-7,10H,8-9,11H2,1-3H3,(H2,17,18,20). The van der Waals surface area contributed by atoms with E-state index in [-0.39, 0.29) is 0 Å². The van der Waals surface area contributed by atoms with Gasteiger partial charge in [-0.2, -0.15) is 0 Å². The second-order valence-electron chi connectivity index (χ2n) is 4.95. The third-order valence-corrected chi connectivity index (χ3v) is 4.04. The minimum Gasteiger partial charge on any atom is -0.356 e. The predicted octanol–water partition coefficient (Wildman–Crippen LogP) is 2.67. The van der Waals surface area contributed by atoms with E-state index in [1.165, 1.54) is 16.0 Å². The van der Waals surface area contributed by atoms with Crippen molar-refractivity contribution >= 4 is 17.3 Å². The third-order valence-electron chi connectivity index (χ3n) is 3.13. The molecule has 5 heteroatoms. The maximum atomic E-state index is 4.33. The molecule has 0 saturated heterocycles. The molecular weight excluding hydrogens is 280 g/mol. The first-order valence-electron chi connectivity index (χ1n) is 7.09. The zero-order chi connectivity index (χ0) is 15.1. The van der Waals surface area contributed by atoms with Crippen molar-refractivity contribution in [1.29, 1.82) is 0 Å². The average Bonchev–Trinajstić information content (AvgIpc) is 2.90. The normalized spacial score (nSPS) is 11.5. The van der Waals surface area contributed by atoms with Crippen LogP contribution in [-0.4, -0.2) is 24.5 Å². The molecule has 0 bridgehead atoms. The van der Waals surface area contributed by atoms with E-state index in [0.717, 1.165) is 23.9 Å². The van der Waals surface area contributed by atoms with E-state index in [1.54, 1.807) is 18.4 Å². The number of aromatic nitrogens is 1. The van der Waals surface area contributed by atoms with Gasteiger partial charge in [0.05, 0.1) is 6.54 Å². The molecule has 2 aromatic rings. The first-order valence-corrected chi connectivity index (χ1v) is 7.90. The van der Waals surface area contributed by atoms with Crippen LogP contribution in [0, 0.1) is 13.8 Å². The largest absolute Gasteiger partial charge is 0.356 e. The molecule has 1 aromatic carbocycles. The summed E-state index contributed by atoms with van der Waals surface area (Å²) in [5.41, 5.74) is 2.63. The van der Waals surface area contributed by atoms with E-state index in [0.29, 0.717) is 6.54 Å². The van der Waals surface area contributed by atoms with E-state index in [9.17, 15) is 0 Å². The maximum absolute atomic E-state index is 4.33. The van der Waals surface area contributed by atoms with Gasteiger partial charge in [0.1, 0.15) is 5.01 Å². The number of thiazole rings is 1. The summed E-state index contributed by atoms with van der Waals surface area (Å²) in [6.07, 6.45) is 2.88. The minimum absolute atomic E-state index is 0.711. The molecule has 112 valence electrons. The fraction of sp³-hybridized carbons (Fsp3) is 0.375. The van der Waals surface area contributed by atoms with E-state index < -0.39 is 0 Å². The number of aryl methyl sites for hydroxylation is 2. The summed E-state index contributed by atoms with van der Waals surface area (Å²) in [7, 11) is 1.79. The zero-order valence-electron chi connectivity index (χ0n) is 12.8. The Balaban J connectivity index is 1.74. The SMILES string of the molecule is CN=C(NCCc1ccc(C)cc1)NCc1ncc(C)s1. The Morgan fingerprint density at radius 2 is 1.95 bits per heavy atom. The summed E-state index contributed by atoms with van der Waals surface area (Å²) in [5.74, 6) is 0.815. The lowest BCUT2D eigenvalue weighted by molar-refractivity contribution is 0.791. The summed E-state index contributed by atoms with van der Waals surface area (Å²) >= 11 is 1.71. The van der Waals surface area contributed by atoms with Gasteiger partial charge >= 0.3 is 0 Å². The highest BCUT2D eigenvalue weighted by molar-refractivity contribution is 7.11. The van der Waals surface area contributed by atoms with Gasteiger partial charge in [0, 0.05) is 24.7 Å². The number of aliphatic imine (C=N–C) groups is 1. The first kappa shape index (κ1) is 15.5. The van der Waals surface area contributed by atoms with Crippen molar-refractivity contribution in [3.63, 3.8) is 0 Å². The van der Waals surface area contributed by atoms with Gasteiger partial charge in [0.25, 0.3) is 0 Å². The highest BCUT2D eigenvalue weighted by Gasteiger charge is 2.01. The second kappa shape index (κ2) is 7.78. The van der Waals surface area contributed by atoms with Crippen molar-refractivity contribution in [3.05, 3.63) is 51.5 Å². The Morgan fingerprint density at radius 1 is 1.19 bits per heavy atom. The zero-order valence-corrected chi connectivity index (χ0v) is 13.6. The number of guanidine groups is 1. The molecule has 0 radical (unpaired) electrons. The van der Waals surface area contributed by atoms with Crippen molar-refractivity contribution < 1.29 is 0 Å². The van der Waals surface area contributed by atoms with Crippen molar-refractivity contribution in [2.24, 2.45) is 4.99 Å². The molecule has 0 aliphatic heterocycles. The Bertz CT molecular complexity index is 587. The van der Waals surface area contributed by atoms with Crippen LogP contribution in [-0.2, 0) is 13.0 Å². The van der Waals surface area contributed by atoms with E-state index >= 15 is 0 Å². The Hall–Kier alpha value is -1.88. The Labute approximate surface area is 130 Å². The van der Waals surface area contributed by atoms with Gasteiger partial charge in [-0.05, 0) is 25.8 Å². The van der Waals surface area contributed by atoms with Gasteiger partial charge in [-0.15, -0.1) is 11.3 Å². The highest BCUT2D eigenvalue weighted by atomic mass is 32.1. The number of rotatable bonds is 5. The summed E-state index contributed by atoms with van der Waals surface area (Å²) in [4.78, 5) is 9.79. The summed E-state index contributed by atoms with van der Waals surface area (Å²) in [5, 5.41) is 7.68. The number of nitrogens with zero attached hydrogens (tertiary/aromatic N) is 2. The van der Waals surface area contributed by atoms with Gasteiger partial charge < -0.3 is 10.6 Å². The summed E-state index contributed by atoms with van der Waals surface area (Å²) in [6.45, 7) is 5.74. The second-order valence-corrected chi connectivity index (χ2v) is 6.27. The van der Waals surface area contributed by atoms with E-state index in [2.05, 4.69) is 58.7 Å². The lowest BCUT2D eigenvalue weighted by Crippen LogP contribution is -2.37. The molecule has 1 aromatic heterocycles. The van der Waals surface area contributed by atoms with Crippen molar-refractivity contribution in [2.45, 2.75) is 26.8 Å². The van der Waals surface area contributed by atoms with E-state index in [1.807, 2.05) is 6.20 Å². The Morgan fingerprint density at radius 3 is 2.57 bits per heavy atom. The number of nitrogens with one attached hydrogen (secondary N) is 2. The molecule has 0 aliphatic carbocycles. The van der Waals surface area contributed by atoms with Crippen molar-refractivity contribution in [1.82, 2.24) is 15.6 Å². The van der Waals surface area contributed by atoms with E-state index in [4.69, 9.17) is 0 Å². The lowest BCUT2D eigenvalue weighted by atomic mass is 10.1. The summed E-state index contributed by atoms with van der Waals surface area (Å²) in [6, 6.07) is 8.64.